The number of benzene rings is 2. The minimum Gasteiger partial charge on any atom is -0.493 e. The van der Waals surface area contributed by atoms with Crippen molar-refractivity contribution in [2.75, 3.05) is 28.4 Å². The molecule has 0 aliphatic carbocycles. The molecule has 2 aromatic carbocycles. The van der Waals surface area contributed by atoms with Gasteiger partial charge in [0.05, 0.1) is 39.5 Å². The Morgan fingerprint density at radius 3 is 1.63 bits per heavy atom. The first-order valence-electron chi connectivity index (χ1n) is 8.99. The molecule has 30 heavy (non-hydrogen) atoms. The van der Waals surface area contributed by atoms with Crippen molar-refractivity contribution in [2.45, 2.75) is 0 Å². The maximum Gasteiger partial charge on any atom is 0.189 e. The third-order valence-corrected chi connectivity index (χ3v) is 4.88. The van der Waals surface area contributed by atoms with Crippen LogP contribution < -0.4 is 24.4 Å². The van der Waals surface area contributed by atoms with Gasteiger partial charge in [-0.05, 0) is 18.2 Å². The fourth-order valence-corrected chi connectivity index (χ4v) is 3.24. The molecule has 0 fully saturated rings. The summed E-state index contributed by atoms with van der Waals surface area (Å²) in [7, 11) is 6.33. The largest absolute Gasteiger partial charge is 0.493 e. The number of aromatic nitrogens is 2. The molecule has 0 aliphatic heterocycles. The summed E-state index contributed by atoms with van der Waals surface area (Å²) >= 11 is 5.22. The highest BCUT2D eigenvalue weighted by molar-refractivity contribution is 7.71. The zero-order chi connectivity index (χ0) is 21.7. The van der Waals surface area contributed by atoms with E-state index in [-0.39, 0.29) is 5.43 Å². The highest BCUT2D eigenvalue weighted by Crippen LogP contribution is 2.31. The number of H-pyrrole nitrogens is 2. The molecule has 0 radical (unpaired) electrons. The molecule has 156 valence electrons. The van der Waals surface area contributed by atoms with Gasteiger partial charge in [0.1, 0.15) is 0 Å². The molecule has 0 bridgehead atoms. The van der Waals surface area contributed by atoms with Gasteiger partial charge in [-0.2, -0.15) is 0 Å². The first-order chi connectivity index (χ1) is 14.5. The quantitative estimate of drug-likeness (QED) is 0.469. The smallest absolute Gasteiger partial charge is 0.189 e. The topological polar surface area (TPSA) is 85.6 Å². The second kappa shape index (κ2) is 9.32. The Bertz CT molecular complexity index is 1200. The van der Waals surface area contributed by atoms with Crippen LogP contribution in [-0.4, -0.2) is 38.4 Å². The lowest BCUT2D eigenvalue weighted by Gasteiger charge is -2.08. The molecule has 0 saturated heterocycles. The second-order valence-electron chi connectivity index (χ2n) is 6.19. The van der Waals surface area contributed by atoms with Crippen LogP contribution in [0, 0.1) is 4.51 Å². The molecule has 2 N–H and O–H groups in total. The summed E-state index contributed by atoms with van der Waals surface area (Å²) in [6.07, 6.45) is 3.42. The van der Waals surface area contributed by atoms with Gasteiger partial charge in [-0.15, -0.1) is 0 Å². The van der Waals surface area contributed by atoms with E-state index in [1.807, 2.05) is 24.4 Å². The lowest BCUT2D eigenvalue weighted by atomic mass is 10.2. The molecule has 8 heteroatoms. The second-order valence-corrected chi connectivity index (χ2v) is 6.63. The van der Waals surface area contributed by atoms with E-state index in [0.29, 0.717) is 28.4 Å². The van der Waals surface area contributed by atoms with Gasteiger partial charge < -0.3 is 28.9 Å². The average molecular weight is 426 g/mol. The summed E-state index contributed by atoms with van der Waals surface area (Å²) in [4.78, 5) is 17.6. The minimum atomic E-state index is -0.0373. The van der Waals surface area contributed by atoms with Crippen LogP contribution in [0.1, 0.15) is 0 Å². The summed E-state index contributed by atoms with van der Waals surface area (Å²) in [6, 6.07) is 10.5. The zero-order valence-electron chi connectivity index (χ0n) is 17.1. The van der Waals surface area contributed by atoms with E-state index in [4.69, 9.17) is 31.2 Å². The summed E-state index contributed by atoms with van der Waals surface area (Å²) < 4.78 is 21.5. The molecular weight excluding hydrogens is 404 g/mol. The number of rotatable bonds is 4. The number of nitrogens with one attached hydrogen (secondary N) is 2. The van der Waals surface area contributed by atoms with Gasteiger partial charge in [0.2, 0.25) is 0 Å². The summed E-state index contributed by atoms with van der Waals surface area (Å²) in [5, 5.41) is 1.56. The van der Waals surface area contributed by atoms with E-state index in [1.165, 1.54) is 6.07 Å². The standard InChI is InChI=1S/C11H11NO3.C11H11NO2S/c1-14-10-5-7-8(6-11(10)15-2)12-4-3-9(7)13;1-13-9-5-7-8(6-10(9)14-2)12-4-3-11(7)15/h3-6H,1-2H3,(H,12,13);3-6H,1-2H3,(H,12,15). The van der Waals surface area contributed by atoms with Crippen LogP contribution in [0.25, 0.3) is 21.8 Å². The van der Waals surface area contributed by atoms with Gasteiger partial charge in [0.15, 0.2) is 28.4 Å². The number of fused-ring (bicyclic) bond motifs is 2. The van der Waals surface area contributed by atoms with Gasteiger partial charge >= 0.3 is 0 Å². The SMILES string of the molecule is COc1cc2[nH]ccc(=O)c2cc1OC.COc1cc2[nH]ccc(=S)c2cc1OC. The van der Waals surface area contributed by atoms with Crippen molar-refractivity contribution in [3.63, 3.8) is 0 Å². The monoisotopic (exact) mass is 426 g/mol. The van der Waals surface area contributed by atoms with Crippen LogP contribution in [0.4, 0.5) is 0 Å². The highest BCUT2D eigenvalue weighted by atomic mass is 32.1. The maximum absolute atomic E-state index is 11.5. The molecule has 2 heterocycles. The fourth-order valence-electron chi connectivity index (χ4n) is 3.00. The van der Waals surface area contributed by atoms with E-state index < -0.39 is 0 Å². The molecule has 0 atom stereocenters. The van der Waals surface area contributed by atoms with Gasteiger partial charge in [-0.1, -0.05) is 12.2 Å². The van der Waals surface area contributed by atoms with E-state index in [0.717, 1.165) is 20.9 Å². The van der Waals surface area contributed by atoms with E-state index in [2.05, 4.69) is 9.97 Å². The van der Waals surface area contributed by atoms with E-state index in [9.17, 15) is 4.79 Å². The number of methoxy groups -OCH3 is 4. The van der Waals surface area contributed by atoms with E-state index in [1.54, 1.807) is 46.8 Å². The predicted octanol–water partition coefficient (Wildman–Crippen LogP) is 4.46. The Labute approximate surface area is 178 Å². The van der Waals surface area contributed by atoms with Gasteiger partial charge in [-0.25, -0.2) is 0 Å². The third kappa shape index (κ3) is 4.23. The lowest BCUT2D eigenvalue weighted by molar-refractivity contribution is 0.356. The van der Waals surface area contributed by atoms with Crippen LogP contribution in [0.5, 0.6) is 23.0 Å². The number of ether oxygens (including phenoxy) is 4. The Hall–Kier alpha value is -3.52. The molecule has 4 rings (SSSR count). The van der Waals surface area contributed by atoms with Crippen LogP contribution in [0.3, 0.4) is 0 Å². The van der Waals surface area contributed by atoms with Crippen molar-refractivity contribution in [1.82, 2.24) is 9.97 Å². The molecule has 7 nitrogen and oxygen atoms in total. The Morgan fingerprint density at radius 2 is 1.10 bits per heavy atom. The Kier molecular flexibility index (Phi) is 6.58. The van der Waals surface area contributed by atoms with Gasteiger partial charge in [0.25, 0.3) is 0 Å². The van der Waals surface area contributed by atoms with E-state index >= 15 is 0 Å². The molecule has 0 amide bonds. The average Bonchev–Trinajstić information content (AvgIpc) is 2.78. The van der Waals surface area contributed by atoms with Crippen molar-refractivity contribution in [1.29, 1.82) is 0 Å². The van der Waals surface area contributed by atoms with Crippen molar-refractivity contribution in [3.8, 4) is 23.0 Å². The number of hydrogen-bond acceptors (Lipinski definition) is 6. The first kappa shape index (κ1) is 21.2. The molecule has 4 aromatic rings. The molecular formula is C22H22N2O5S. The van der Waals surface area contributed by atoms with Crippen LogP contribution in [0.2, 0.25) is 0 Å². The van der Waals surface area contributed by atoms with Crippen molar-refractivity contribution >= 4 is 34.0 Å². The lowest BCUT2D eigenvalue weighted by Crippen LogP contribution is -2.01. The number of aromatic amines is 2. The highest BCUT2D eigenvalue weighted by Gasteiger charge is 2.08. The molecule has 2 aromatic heterocycles. The Balaban J connectivity index is 0.000000171. The molecule has 0 unspecified atom stereocenters. The minimum absolute atomic E-state index is 0.0373. The third-order valence-electron chi connectivity index (χ3n) is 4.53. The normalized spacial score (nSPS) is 10.3. The summed E-state index contributed by atoms with van der Waals surface area (Å²) in [6.45, 7) is 0. The number of hydrogen-bond donors (Lipinski definition) is 2. The van der Waals surface area contributed by atoms with Crippen LogP contribution in [0.15, 0.2) is 53.6 Å². The predicted molar refractivity (Wildman–Crippen MR) is 120 cm³/mol. The van der Waals surface area contributed by atoms with Gasteiger partial charge in [-0.3, -0.25) is 4.79 Å². The zero-order valence-corrected chi connectivity index (χ0v) is 17.9. The van der Waals surface area contributed by atoms with Gasteiger partial charge in [0, 0.05) is 45.9 Å². The summed E-state index contributed by atoms with van der Waals surface area (Å²) in [5.41, 5.74) is 1.64. The maximum atomic E-state index is 11.5. The first-order valence-corrected chi connectivity index (χ1v) is 9.40. The van der Waals surface area contributed by atoms with Crippen LogP contribution >= 0.6 is 12.2 Å². The molecule has 0 saturated carbocycles. The molecule has 0 aliphatic rings. The summed E-state index contributed by atoms with van der Waals surface area (Å²) in [5.74, 6) is 2.55. The van der Waals surface area contributed by atoms with Crippen molar-refractivity contribution in [2.24, 2.45) is 0 Å². The fraction of sp³-hybridized carbons (Fsp3) is 0.182. The van der Waals surface area contributed by atoms with Crippen molar-refractivity contribution in [3.05, 3.63) is 63.5 Å². The molecule has 0 spiro atoms. The van der Waals surface area contributed by atoms with Crippen LogP contribution in [-0.2, 0) is 0 Å². The Morgan fingerprint density at radius 1 is 0.667 bits per heavy atom. The van der Waals surface area contributed by atoms with Crippen molar-refractivity contribution < 1.29 is 18.9 Å². The number of pyridine rings is 2.